The number of nitrogens with zero attached hydrogens (tertiary/aromatic N) is 4. The second-order valence-corrected chi connectivity index (χ2v) is 11.5. The van der Waals surface area contributed by atoms with Crippen molar-refractivity contribution in [3.05, 3.63) is 44.6 Å². The molecule has 3 aliphatic rings. The summed E-state index contributed by atoms with van der Waals surface area (Å²) in [5.74, 6) is 1.25. The molecule has 0 spiro atoms. The summed E-state index contributed by atoms with van der Waals surface area (Å²) in [5.41, 5.74) is -0.117. The molecule has 11 heteroatoms. The number of carbonyl (C=O) groups excluding carboxylic acids is 1. The number of hydrogen-bond donors (Lipinski definition) is 1. The molecule has 1 saturated heterocycles. The van der Waals surface area contributed by atoms with Crippen LogP contribution >= 0.6 is 11.5 Å². The Kier molecular flexibility index (Phi) is 6.74. The Bertz CT molecular complexity index is 1170. The van der Waals surface area contributed by atoms with Crippen molar-refractivity contribution in [2.75, 3.05) is 19.6 Å². The first-order valence-electron chi connectivity index (χ1n) is 12.7. The maximum Gasteiger partial charge on any atom is 0.417 e. The first-order valence-corrected chi connectivity index (χ1v) is 13.5. The van der Waals surface area contributed by atoms with Crippen LogP contribution in [-0.2, 0) is 23.9 Å². The van der Waals surface area contributed by atoms with Gasteiger partial charge < -0.3 is 9.80 Å². The van der Waals surface area contributed by atoms with E-state index in [0.29, 0.717) is 30.3 Å². The van der Waals surface area contributed by atoms with E-state index in [1.165, 1.54) is 0 Å². The lowest BCUT2D eigenvalue weighted by Crippen LogP contribution is -2.49. The number of piperidine rings is 1. The Morgan fingerprint density at radius 1 is 1.22 bits per heavy atom. The molecule has 196 valence electrons. The molecule has 2 aromatic heterocycles. The Labute approximate surface area is 212 Å². The lowest BCUT2D eigenvalue weighted by molar-refractivity contribution is -0.146. The molecule has 7 nitrogen and oxygen atoms in total. The average molecular weight is 524 g/mol. The second kappa shape index (κ2) is 9.55. The van der Waals surface area contributed by atoms with Gasteiger partial charge in [0.2, 0.25) is 5.91 Å². The normalized spacial score (nSPS) is 25.9. The van der Waals surface area contributed by atoms with Crippen LogP contribution in [0.4, 0.5) is 13.2 Å². The maximum atomic E-state index is 13.9. The molecule has 1 N–H and O–H groups in total. The number of fused-ring (bicyclic) bond motifs is 1. The van der Waals surface area contributed by atoms with Gasteiger partial charge in [0.15, 0.2) is 0 Å². The molecular weight excluding hydrogens is 491 g/mol. The fourth-order valence-electron chi connectivity index (χ4n) is 6.35. The third kappa shape index (κ3) is 4.71. The first-order chi connectivity index (χ1) is 17.1. The minimum atomic E-state index is -4.45. The highest BCUT2D eigenvalue weighted by molar-refractivity contribution is 7.02. The molecule has 1 saturated carbocycles. The van der Waals surface area contributed by atoms with Gasteiger partial charge >= 0.3 is 11.0 Å². The van der Waals surface area contributed by atoms with E-state index in [4.69, 9.17) is 0 Å². The average Bonchev–Trinajstić information content (AvgIpc) is 3.50. The van der Waals surface area contributed by atoms with Crippen LogP contribution < -0.4 is 4.87 Å². The van der Waals surface area contributed by atoms with Crippen LogP contribution in [0.5, 0.6) is 0 Å². The van der Waals surface area contributed by atoms with Crippen molar-refractivity contribution in [2.24, 2.45) is 11.3 Å². The summed E-state index contributed by atoms with van der Waals surface area (Å²) >= 11 is 0.965. The van der Waals surface area contributed by atoms with E-state index in [1.54, 1.807) is 4.90 Å². The van der Waals surface area contributed by atoms with Crippen LogP contribution in [0.3, 0.4) is 0 Å². The Morgan fingerprint density at radius 2 is 1.97 bits per heavy atom. The van der Waals surface area contributed by atoms with Crippen LogP contribution in [0.25, 0.3) is 0 Å². The summed E-state index contributed by atoms with van der Waals surface area (Å²) in [6.45, 7) is 6.65. The zero-order chi connectivity index (χ0) is 25.7. The van der Waals surface area contributed by atoms with Gasteiger partial charge in [0.05, 0.1) is 11.0 Å². The summed E-state index contributed by atoms with van der Waals surface area (Å²) in [5, 5.41) is 0. The predicted molar refractivity (Wildman–Crippen MR) is 130 cm³/mol. The summed E-state index contributed by atoms with van der Waals surface area (Å²) < 4.78 is 43.9. The largest absolute Gasteiger partial charge is 0.417 e. The number of carbonyl (C=O) groups is 1. The molecular formula is C25H32F3N5O2S. The zero-order valence-electron chi connectivity index (χ0n) is 20.6. The molecule has 2 atom stereocenters. The highest BCUT2D eigenvalue weighted by Gasteiger charge is 2.51. The Morgan fingerprint density at radius 3 is 2.61 bits per heavy atom. The molecule has 1 unspecified atom stereocenters. The van der Waals surface area contributed by atoms with Gasteiger partial charge in [-0.15, -0.1) is 0 Å². The van der Waals surface area contributed by atoms with Gasteiger partial charge in [0.25, 0.3) is 0 Å². The van der Waals surface area contributed by atoms with Gasteiger partial charge in [-0.1, -0.05) is 13.8 Å². The standard InChI is InChI=1S/C25H32F3N5O2S/c1-15(2)24(22(34)33-10-6-20-17(14-33)11-18(13-29-20)25(26,27)28)7-3-19(12-24)32-8-4-16(5-9-32)21-30-23(35)36-31-21/h11,13,15-16,19H,3-10,12,14H2,1-2H3,(H,30,31,35)/t19?,24-/m0/s1. The topological polar surface area (TPSA) is 82.2 Å². The number of likely N-dealkylation sites (tertiary alicyclic amines) is 1. The lowest BCUT2D eigenvalue weighted by Gasteiger charge is -2.41. The Hall–Kier alpha value is -2.27. The zero-order valence-corrected chi connectivity index (χ0v) is 21.4. The third-order valence-electron chi connectivity index (χ3n) is 8.60. The van der Waals surface area contributed by atoms with Gasteiger partial charge in [-0.2, -0.15) is 17.5 Å². The Balaban J connectivity index is 1.27. The number of hydrogen-bond acceptors (Lipinski definition) is 6. The smallest absolute Gasteiger partial charge is 0.337 e. The molecule has 1 amide bonds. The van der Waals surface area contributed by atoms with Gasteiger partial charge in [-0.05, 0) is 62.7 Å². The van der Waals surface area contributed by atoms with E-state index in [9.17, 15) is 22.8 Å². The predicted octanol–water partition coefficient (Wildman–Crippen LogP) is 4.20. The van der Waals surface area contributed by atoms with E-state index >= 15 is 0 Å². The molecule has 4 heterocycles. The van der Waals surface area contributed by atoms with Crippen molar-refractivity contribution < 1.29 is 18.0 Å². The summed E-state index contributed by atoms with van der Waals surface area (Å²) in [6, 6.07) is 1.46. The summed E-state index contributed by atoms with van der Waals surface area (Å²) in [6.07, 6.45) is 1.27. The SMILES string of the molecule is CC(C)[C@]1(C(=O)N2CCc3ncc(C(F)(F)F)cc3C2)CCC(N2CCC(c3nsc(=O)[nH]3)CC2)C1. The summed E-state index contributed by atoms with van der Waals surface area (Å²) in [4.78, 5) is 36.4. The monoisotopic (exact) mass is 523 g/mol. The molecule has 2 fully saturated rings. The van der Waals surface area contributed by atoms with Crippen molar-refractivity contribution in [3.63, 3.8) is 0 Å². The van der Waals surface area contributed by atoms with E-state index < -0.39 is 17.2 Å². The number of aromatic nitrogens is 3. The minimum absolute atomic E-state index is 0.0676. The highest BCUT2D eigenvalue weighted by Crippen LogP contribution is 2.48. The summed E-state index contributed by atoms with van der Waals surface area (Å²) in [7, 11) is 0. The number of amides is 1. The maximum absolute atomic E-state index is 13.9. The van der Waals surface area contributed by atoms with Gasteiger partial charge in [0, 0.05) is 54.9 Å². The highest BCUT2D eigenvalue weighted by atomic mass is 32.1. The fourth-order valence-corrected chi connectivity index (χ4v) is 6.88. The van der Waals surface area contributed by atoms with Crippen molar-refractivity contribution in [3.8, 4) is 0 Å². The number of rotatable bonds is 4. The van der Waals surface area contributed by atoms with Crippen LogP contribution in [0.1, 0.15) is 74.5 Å². The van der Waals surface area contributed by atoms with E-state index in [2.05, 4.69) is 33.1 Å². The van der Waals surface area contributed by atoms with Crippen LogP contribution in [0, 0.1) is 11.3 Å². The first kappa shape index (κ1) is 25.4. The number of aromatic amines is 1. The molecule has 2 aromatic rings. The van der Waals surface area contributed by atoms with Crippen molar-refractivity contribution in [1.82, 2.24) is 24.1 Å². The molecule has 36 heavy (non-hydrogen) atoms. The molecule has 1 aliphatic carbocycles. The van der Waals surface area contributed by atoms with E-state index in [1.807, 2.05) is 0 Å². The van der Waals surface area contributed by atoms with Crippen molar-refractivity contribution >= 4 is 17.4 Å². The lowest BCUT2D eigenvalue weighted by atomic mass is 9.73. The van der Waals surface area contributed by atoms with Crippen LogP contribution in [-0.4, -0.2) is 55.7 Å². The van der Waals surface area contributed by atoms with Gasteiger partial charge in [0.1, 0.15) is 5.82 Å². The minimum Gasteiger partial charge on any atom is -0.337 e. The number of nitrogens with one attached hydrogen (secondary N) is 1. The van der Waals surface area contributed by atoms with Crippen molar-refractivity contribution in [2.45, 2.75) is 77.1 Å². The van der Waals surface area contributed by atoms with Gasteiger partial charge in [-0.25, -0.2) is 0 Å². The molecule has 0 bridgehead atoms. The molecule has 0 radical (unpaired) electrons. The molecule has 0 aromatic carbocycles. The van der Waals surface area contributed by atoms with E-state index in [0.717, 1.165) is 74.8 Å². The van der Waals surface area contributed by atoms with Crippen LogP contribution in [0.2, 0.25) is 0 Å². The van der Waals surface area contributed by atoms with E-state index in [-0.39, 0.29) is 29.2 Å². The number of halogens is 3. The number of pyridine rings is 1. The third-order valence-corrected chi connectivity index (χ3v) is 9.15. The molecule has 2 aliphatic heterocycles. The molecule has 5 rings (SSSR count). The van der Waals surface area contributed by atoms with Crippen LogP contribution in [0.15, 0.2) is 17.1 Å². The van der Waals surface area contributed by atoms with Crippen molar-refractivity contribution in [1.29, 1.82) is 0 Å². The van der Waals surface area contributed by atoms with Gasteiger partial charge in [-0.3, -0.25) is 19.6 Å². The second-order valence-electron chi connectivity index (χ2n) is 10.8. The number of alkyl halides is 3. The number of H-pyrrole nitrogens is 1. The fraction of sp³-hybridized carbons (Fsp3) is 0.680. The quantitative estimate of drug-likeness (QED) is 0.650.